The van der Waals surface area contributed by atoms with Crippen LogP contribution in [0.1, 0.15) is 64.2 Å². The first kappa shape index (κ1) is 20.2. The number of nitrogens with zero attached hydrogens (tertiary/aromatic N) is 1. The highest BCUT2D eigenvalue weighted by atomic mass is 16.4. The number of carboxylic acids is 1. The molecule has 0 aromatic carbocycles. The van der Waals surface area contributed by atoms with Crippen molar-refractivity contribution in [1.29, 1.82) is 0 Å². The lowest BCUT2D eigenvalue weighted by atomic mass is 9.84. The van der Waals surface area contributed by atoms with Crippen molar-refractivity contribution in [1.82, 2.24) is 10.2 Å². The number of rotatable bonds is 8. The van der Waals surface area contributed by atoms with E-state index in [0.717, 1.165) is 25.7 Å². The third-order valence-electron chi connectivity index (χ3n) is 5.14. The van der Waals surface area contributed by atoms with Crippen molar-refractivity contribution in [3.63, 3.8) is 0 Å². The Morgan fingerprint density at radius 3 is 2.65 bits per heavy atom. The molecule has 26 heavy (non-hydrogen) atoms. The summed E-state index contributed by atoms with van der Waals surface area (Å²) in [6, 6.07) is -1.06. The van der Waals surface area contributed by atoms with Gasteiger partial charge >= 0.3 is 12.0 Å². The van der Waals surface area contributed by atoms with Crippen LogP contribution in [0, 0.1) is 17.8 Å². The number of carbonyl (C=O) groups excluding carboxylic acids is 2. The number of nitrogens with one attached hydrogen (secondary N) is 1. The molecule has 1 heterocycles. The highest BCUT2D eigenvalue weighted by molar-refractivity contribution is 6.04. The van der Waals surface area contributed by atoms with E-state index in [2.05, 4.69) is 17.2 Å². The number of hydrogen-bond donors (Lipinski definition) is 3. The molecular weight excluding hydrogens is 336 g/mol. The van der Waals surface area contributed by atoms with Crippen molar-refractivity contribution in [2.75, 3.05) is 6.54 Å². The largest absolute Gasteiger partial charge is 0.481 e. The van der Waals surface area contributed by atoms with Gasteiger partial charge < -0.3 is 15.1 Å². The van der Waals surface area contributed by atoms with Crippen LogP contribution in [0.2, 0.25) is 0 Å². The third-order valence-corrected chi connectivity index (χ3v) is 5.14. The van der Waals surface area contributed by atoms with Gasteiger partial charge in [0.1, 0.15) is 6.04 Å². The predicted molar refractivity (Wildman–Crippen MR) is 95.1 cm³/mol. The van der Waals surface area contributed by atoms with Crippen molar-refractivity contribution < 1.29 is 24.6 Å². The average Bonchev–Trinajstić information content (AvgIpc) is 2.89. The third kappa shape index (κ3) is 6.03. The van der Waals surface area contributed by atoms with Crippen LogP contribution < -0.4 is 5.32 Å². The molecule has 3 amide bonds. The Morgan fingerprint density at radius 2 is 1.96 bits per heavy atom. The summed E-state index contributed by atoms with van der Waals surface area (Å²) in [7, 11) is 0. The summed E-state index contributed by atoms with van der Waals surface area (Å²) in [5.74, 6) is 4.81. The fraction of sp³-hybridized carbons (Fsp3) is 0.737. The number of carbonyl (C=O) groups is 3. The summed E-state index contributed by atoms with van der Waals surface area (Å²) < 4.78 is 0. The second-order valence-corrected chi connectivity index (χ2v) is 7.06. The maximum absolute atomic E-state index is 12.0. The minimum absolute atomic E-state index is 0.0717. The molecule has 2 aliphatic rings. The fourth-order valence-electron chi connectivity index (χ4n) is 3.62. The predicted octanol–water partition coefficient (Wildman–Crippen LogP) is 1.89. The molecule has 7 heteroatoms. The van der Waals surface area contributed by atoms with Gasteiger partial charge in [-0.2, -0.15) is 0 Å². The van der Waals surface area contributed by atoms with Gasteiger partial charge in [0, 0.05) is 25.8 Å². The van der Waals surface area contributed by atoms with E-state index in [1.165, 1.54) is 11.3 Å². The van der Waals surface area contributed by atoms with Gasteiger partial charge in [-0.15, -0.1) is 11.8 Å². The number of imide groups is 1. The van der Waals surface area contributed by atoms with Crippen LogP contribution in [-0.4, -0.2) is 51.7 Å². The zero-order chi connectivity index (χ0) is 18.9. The van der Waals surface area contributed by atoms with Crippen LogP contribution in [0.4, 0.5) is 4.79 Å². The number of amides is 3. The zero-order valence-electron chi connectivity index (χ0n) is 15.1. The van der Waals surface area contributed by atoms with Gasteiger partial charge in [0.15, 0.2) is 0 Å². The van der Waals surface area contributed by atoms with Crippen LogP contribution >= 0.6 is 0 Å². The van der Waals surface area contributed by atoms with E-state index < -0.39 is 24.1 Å². The molecule has 0 bridgehead atoms. The molecule has 2 atom stereocenters. The van der Waals surface area contributed by atoms with E-state index in [1.807, 2.05) is 0 Å². The van der Waals surface area contributed by atoms with E-state index in [4.69, 9.17) is 5.11 Å². The smallest absolute Gasteiger partial charge is 0.324 e. The van der Waals surface area contributed by atoms with Crippen LogP contribution in [0.3, 0.4) is 0 Å². The molecule has 2 unspecified atom stereocenters. The van der Waals surface area contributed by atoms with E-state index in [9.17, 15) is 19.5 Å². The molecule has 3 N–H and O–H groups in total. The van der Waals surface area contributed by atoms with Crippen LogP contribution in [0.15, 0.2) is 0 Å². The lowest BCUT2D eigenvalue weighted by molar-refractivity contribution is -0.137. The van der Waals surface area contributed by atoms with E-state index in [-0.39, 0.29) is 24.7 Å². The summed E-state index contributed by atoms with van der Waals surface area (Å²) in [5.41, 5.74) is 0. The molecule has 0 aromatic heterocycles. The first-order chi connectivity index (χ1) is 12.5. The Morgan fingerprint density at radius 1 is 1.23 bits per heavy atom. The molecule has 1 aliphatic heterocycles. The lowest BCUT2D eigenvalue weighted by Crippen LogP contribution is -2.38. The molecule has 7 nitrogen and oxygen atoms in total. The van der Waals surface area contributed by atoms with Crippen LogP contribution in [-0.2, 0) is 9.59 Å². The number of hydrogen-bond acceptors (Lipinski definition) is 4. The molecule has 2 fully saturated rings. The molecular formula is C19H28N2O5. The maximum Gasteiger partial charge on any atom is 0.324 e. The summed E-state index contributed by atoms with van der Waals surface area (Å²) >= 11 is 0. The van der Waals surface area contributed by atoms with Gasteiger partial charge in [-0.25, -0.2) is 4.79 Å². The standard InChI is InChI=1S/C19H28N2O5/c22-16(14-8-4-3-5-9-14)12-13-21-15(18(25)20-19(21)26)10-6-1-2-7-11-17(23)24/h14-16,22H,2-5,7-13H2,(H,23,24)(H,20,25,26). The molecule has 2 rings (SSSR count). The van der Waals surface area contributed by atoms with Crippen molar-refractivity contribution in [2.45, 2.75) is 76.4 Å². The van der Waals surface area contributed by atoms with E-state index >= 15 is 0 Å². The number of unbranched alkanes of at least 4 members (excludes halogenated alkanes) is 1. The fourth-order valence-corrected chi connectivity index (χ4v) is 3.62. The van der Waals surface area contributed by atoms with Gasteiger partial charge in [-0.1, -0.05) is 19.3 Å². The zero-order valence-corrected chi connectivity index (χ0v) is 15.1. The van der Waals surface area contributed by atoms with Gasteiger partial charge in [0.05, 0.1) is 6.10 Å². The van der Waals surface area contributed by atoms with Crippen molar-refractivity contribution in [3.05, 3.63) is 0 Å². The monoisotopic (exact) mass is 364 g/mol. The SMILES string of the molecule is O=C(O)CCCC#CCC1C(=O)NC(=O)N1CCC(O)C1CCCCC1. The van der Waals surface area contributed by atoms with Gasteiger partial charge in [0.25, 0.3) is 5.91 Å². The number of urea groups is 1. The van der Waals surface area contributed by atoms with Crippen molar-refractivity contribution in [3.8, 4) is 11.8 Å². The van der Waals surface area contributed by atoms with Crippen molar-refractivity contribution >= 4 is 17.9 Å². The number of carboxylic acid groups (broad SMARTS) is 1. The van der Waals surface area contributed by atoms with Gasteiger partial charge in [-0.3, -0.25) is 14.9 Å². The topological polar surface area (TPSA) is 107 Å². The molecule has 144 valence electrons. The lowest BCUT2D eigenvalue weighted by Gasteiger charge is -2.28. The Kier molecular flexibility index (Phi) is 7.92. The number of aliphatic hydroxyl groups excluding tert-OH is 1. The highest BCUT2D eigenvalue weighted by Crippen LogP contribution is 2.28. The summed E-state index contributed by atoms with van der Waals surface area (Å²) in [6.07, 6.45) is 6.80. The number of aliphatic hydroxyl groups is 1. The Balaban J connectivity index is 1.81. The van der Waals surface area contributed by atoms with E-state index in [0.29, 0.717) is 25.8 Å². The molecule has 0 aromatic rings. The Labute approximate surface area is 154 Å². The van der Waals surface area contributed by atoms with Gasteiger partial charge in [0.2, 0.25) is 0 Å². The Bertz CT molecular complexity index is 574. The van der Waals surface area contributed by atoms with E-state index in [1.54, 1.807) is 0 Å². The van der Waals surface area contributed by atoms with Crippen molar-refractivity contribution in [2.24, 2.45) is 5.92 Å². The average molecular weight is 364 g/mol. The minimum atomic E-state index is -0.852. The molecule has 1 aliphatic carbocycles. The first-order valence-corrected chi connectivity index (χ1v) is 9.46. The first-order valence-electron chi connectivity index (χ1n) is 9.46. The summed E-state index contributed by atoms with van der Waals surface area (Å²) in [4.78, 5) is 35.9. The maximum atomic E-state index is 12.0. The summed E-state index contributed by atoms with van der Waals surface area (Å²) in [6.45, 7) is 0.334. The molecule has 0 radical (unpaired) electrons. The molecule has 1 saturated heterocycles. The molecule has 0 spiro atoms. The second-order valence-electron chi connectivity index (χ2n) is 7.06. The minimum Gasteiger partial charge on any atom is -0.481 e. The Hall–Kier alpha value is -2.07. The highest BCUT2D eigenvalue weighted by Gasteiger charge is 2.38. The second kappa shape index (κ2) is 10.2. The van der Waals surface area contributed by atoms with Crippen LogP contribution in [0.5, 0.6) is 0 Å². The normalized spacial score (nSPS) is 21.9. The molecule has 1 saturated carbocycles. The number of aliphatic carboxylic acids is 1. The summed E-state index contributed by atoms with van der Waals surface area (Å²) in [5, 5.41) is 21.3. The van der Waals surface area contributed by atoms with Gasteiger partial charge in [-0.05, 0) is 31.6 Å². The quantitative estimate of drug-likeness (QED) is 0.346. The van der Waals surface area contributed by atoms with Crippen LogP contribution in [0.25, 0.3) is 0 Å².